The molecule has 0 aromatic heterocycles. The van der Waals surface area contributed by atoms with E-state index in [9.17, 15) is 13.2 Å². The minimum absolute atomic E-state index is 0.111. The molecule has 4 rings (SSSR count). The van der Waals surface area contributed by atoms with Crippen molar-refractivity contribution in [3.8, 4) is 0 Å². The highest BCUT2D eigenvalue weighted by Gasteiger charge is 2.61. The van der Waals surface area contributed by atoms with Crippen LogP contribution in [0.3, 0.4) is 0 Å². The number of hydrogen-bond acceptors (Lipinski definition) is 2. The number of fused-ring (bicyclic) bond motifs is 6. The predicted octanol–water partition coefficient (Wildman–Crippen LogP) is 5.68. The average Bonchev–Trinajstić information content (AvgIpc) is 2.46. The Morgan fingerprint density at radius 3 is 1.81 bits per heavy atom. The van der Waals surface area contributed by atoms with Gasteiger partial charge >= 0.3 is 6.18 Å². The van der Waals surface area contributed by atoms with Crippen molar-refractivity contribution in [1.29, 1.82) is 0 Å². The summed E-state index contributed by atoms with van der Waals surface area (Å²) < 4.78 is 39.5. The van der Waals surface area contributed by atoms with E-state index in [2.05, 4.69) is 0 Å². The Morgan fingerprint density at radius 2 is 1.33 bits per heavy atom. The Hall–Kier alpha value is -1.07. The first-order valence-electron chi connectivity index (χ1n) is 6.63. The highest BCUT2D eigenvalue weighted by atomic mass is 32.2. The first-order valence-corrected chi connectivity index (χ1v) is 8.26. The molecule has 2 aromatic carbocycles. The van der Waals surface area contributed by atoms with Crippen LogP contribution in [0.25, 0.3) is 0 Å². The van der Waals surface area contributed by atoms with Crippen LogP contribution in [0.4, 0.5) is 13.2 Å². The third-order valence-corrected chi connectivity index (χ3v) is 7.18. The van der Waals surface area contributed by atoms with Crippen molar-refractivity contribution in [1.82, 2.24) is 0 Å². The molecule has 0 N–H and O–H groups in total. The zero-order chi connectivity index (χ0) is 14.7. The van der Waals surface area contributed by atoms with Gasteiger partial charge in [-0.05, 0) is 29.7 Å². The quantitative estimate of drug-likeness (QED) is 0.611. The van der Waals surface area contributed by atoms with Crippen LogP contribution in [0.2, 0.25) is 0 Å². The molecule has 0 amide bonds. The van der Waals surface area contributed by atoms with Crippen LogP contribution in [-0.4, -0.2) is 10.3 Å². The van der Waals surface area contributed by atoms with Crippen molar-refractivity contribution in [3.63, 3.8) is 0 Å². The van der Waals surface area contributed by atoms with Gasteiger partial charge in [-0.25, -0.2) is 0 Å². The Kier molecular flexibility index (Phi) is 2.89. The van der Waals surface area contributed by atoms with Crippen LogP contribution >= 0.6 is 23.5 Å². The lowest BCUT2D eigenvalue weighted by atomic mass is 9.86. The third kappa shape index (κ3) is 1.94. The molecule has 2 aliphatic rings. The molecular weight excluding hydrogens is 313 g/mol. The highest BCUT2D eigenvalue weighted by molar-refractivity contribution is 8.18. The van der Waals surface area contributed by atoms with E-state index >= 15 is 0 Å². The number of benzene rings is 2. The van der Waals surface area contributed by atoms with Gasteiger partial charge in [-0.2, -0.15) is 13.2 Å². The Labute approximate surface area is 129 Å². The summed E-state index contributed by atoms with van der Waals surface area (Å²) >= 11 is 1.94. The molecule has 0 atom stereocenters. The smallest absolute Gasteiger partial charge is 0.168 e. The SMILES string of the molecule is FC(F)(F)C12CC(c3ccccc3S1)c1ccccc1S2. The van der Waals surface area contributed by atoms with E-state index in [1.165, 1.54) is 0 Å². The average molecular weight is 324 g/mol. The van der Waals surface area contributed by atoms with Crippen molar-refractivity contribution in [2.45, 2.75) is 32.4 Å². The monoisotopic (exact) mass is 324 g/mol. The largest absolute Gasteiger partial charge is 0.412 e. The summed E-state index contributed by atoms with van der Waals surface area (Å²) in [5, 5.41) is 0. The summed E-state index contributed by atoms with van der Waals surface area (Å²) in [5.74, 6) is -0.165. The van der Waals surface area contributed by atoms with Crippen molar-refractivity contribution >= 4 is 23.5 Å². The second-order valence-corrected chi connectivity index (χ2v) is 8.23. The van der Waals surface area contributed by atoms with E-state index in [-0.39, 0.29) is 12.3 Å². The molecule has 0 fully saturated rings. The van der Waals surface area contributed by atoms with E-state index in [0.717, 1.165) is 44.4 Å². The van der Waals surface area contributed by atoms with E-state index in [1.807, 2.05) is 36.4 Å². The molecule has 0 spiro atoms. The predicted molar refractivity (Wildman–Crippen MR) is 79.8 cm³/mol. The molecule has 0 saturated heterocycles. The third-order valence-electron chi connectivity index (χ3n) is 4.04. The zero-order valence-corrected chi connectivity index (χ0v) is 12.5. The van der Waals surface area contributed by atoms with Crippen molar-refractivity contribution < 1.29 is 13.2 Å². The molecular formula is C16H11F3S2. The van der Waals surface area contributed by atoms with E-state index in [4.69, 9.17) is 0 Å². The van der Waals surface area contributed by atoms with Gasteiger partial charge in [-0.3, -0.25) is 0 Å². The van der Waals surface area contributed by atoms with Crippen LogP contribution in [-0.2, 0) is 0 Å². The van der Waals surface area contributed by atoms with Crippen molar-refractivity contribution in [2.24, 2.45) is 0 Å². The maximum Gasteiger partial charge on any atom is 0.412 e. The fourth-order valence-electron chi connectivity index (χ4n) is 3.07. The molecule has 0 aliphatic carbocycles. The van der Waals surface area contributed by atoms with Crippen LogP contribution in [0.1, 0.15) is 23.5 Å². The first kappa shape index (κ1) is 13.6. The molecule has 0 saturated carbocycles. The summed E-state index contributed by atoms with van der Waals surface area (Å²) in [6, 6.07) is 15.0. The fraction of sp³-hybridized carbons (Fsp3) is 0.250. The summed E-state index contributed by atoms with van der Waals surface area (Å²) in [4.78, 5) is 1.51. The fourth-order valence-corrected chi connectivity index (χ4v) is 6.17. The molecule has 21 heavy (non-hydrogen) atoms. The number of alkyl halides is 3. The van der Waals surface area contributed by atoms with Crippen LogP contribution in [0.15, 0.2) is 58.3 Å². The van der Waals surface area contributed by atoms with Gasteiger partial charge < -0.3 is 0 Å². The molecule has 0 radical (unpaired) electrons. The van der Waals surface area contributed by atoms with Crippen molar-refractivity contribution in [2.75, 3.05) is 0 Å². The van der Waals surface area contributed by atoms with Crippen LogP contribution < -0.4 is 0 Å². The Balaban J connectivity index is 1.97. The summed E-state index contributed by atoms with van der Waals surface area (Å²) in [7, 11) is 0. The maximum absolute atomic E-state index is 13.8. The van der Waals surface area contributed by atoms with Gasteiger partial charge in [-0.15, -0.1) is 0 Å². The minimum Gasteiger partial charge on any atom is -0.168 e. The zero-order valence-electron chi connectivity index (χ0n) is 10.9. The highest BCUT2D eigenvalue weighted by Crippen LogP contribution is 2.67. The Morgan fingerprint density at radius 1 is 0.857 bits per heavy atom. The van der Waals surface area contributed by atoms with Gasteiger partial charge in [0.2, 0.25) is 0 Å². The minimum atomic E-state index is -4.23. The van der Waals surface area contributed by atoms with Gasteiger partial charge in [-0.1, -0.05) is 59.9 Å². The molecule has 108 valence electrons. The molecule has 2 heterocycles. The second-order valence-electron chi connectivity index (χ2n) is 5.29. The summed E-state index contributed by atoms with van der Waals surface area (Å²) in [6.07, 6.45) is -4.12. The Bertz CT molecular complexity index is 659. The number of halogens is 3. The number of rotatable bonds is 0. The topological polar surface area (TPSA) is 0 Å². The molecule has 2 aliphatic heterocycles. The molecule has 5 heteroatoms. The lowest BCUT2D eigenvalue weighted by Gasteiger charge is -2.46. The standard InChI is InChI=1S/C16H11F3S2/c17-16(18,19)15-9-12(10-5-1-3-7-13(10)20-15)11-6-2-4-8-14(11)21-15/h1-8,12H,9H2. The van der Waals surface area contributed by atoms with Crippen LogP contribution in [0, 0.1) is 0 Å². The second kappa shape index (κ2) is 4.46. The van der Waals surface area contributed by atoms with E-state index in [0.29, 0.717) is 0 Å². The van der Waals surface area contributed by atoms with E-state index < -0.39 is 10.3 Å². The van der Waals surface area contributed by atoms with Crippen LogP contribution in [0.5, 0.6) is 0 Å². The lowest BCUT2D eigenvalue weighted by Crippen LogP contribution is -2.44. The molecule has 0 nitrogen and oxygen atoms in total. The van der Waals surface area contributed by atoms with Gasteiger partial charge in [0, 0.05) is 15.7 Å². The normalized spacial score (nSPS) is 26.9. The molecule has 2 bridgehead atoms. The van der Waals surface area contributed by atoms with Gasteiger partial charge in [0.15, 0.2) is 4.08 Å². The van der Waals surface area contributed by atoms with Crippen molar-refractivity contribution in [3.05, 3.63) is 59.7 Å². The van der Waals surface area contributed by atoms with Gasteiger partial charge in [0.05, 0.1) is 0 Å². The summed E-state index contributed by atoms with van der Waals surface area (Å²) in [5.41, 5.74) is 2.05. The molecule has 0 unspecified atom stereocenters. The number of hydrogen-bond donors (Lipinski definition) is 0. The van der Waals surface area contributed by atoms with E-state index in [1.54, 1.807) is 12.1 Å². The summed E-state index contributed by atoms with van der Waals surface area (Å²) in [6.45, 7) is 0. The number of thioether (sulfide) groups is 2. The maximum atomic E-state index is 13.8. The lowest BCUT2D eigenvalue weighted by molar-refractivity contribution is -0.139. The van der Waals surface area contributed by atoms with Gasteiger partial charge in [0.1, 0.15) is 0 Å². The first-order chi connectivity index (χ1) is 10.0. The van der Waals surface area contributed by atoms with Gasteiger partial charge in [0.25, 0.3) is 0 Å². The molecule has 2 aromatic rings.